The van der Waals surface area contributed by atoms with E-state index in [-0.39, 0.29) is 29.4 Å². The van der Waals surface area contributed by atoms with Crippen molar-refractivity contribution < 1.29 is 33.8 Å². The van der Waals surface area contributed by atoms with Gasteiger partial charge < -0.3 is 9.64 Å². The number of benzene rings is 2. The smallest absolute Gasteiger partial charge is 0.310 e. The van der Waals surface area contributed by atoms with Crippen LogP contribution < -0.4 is 0 Å². The van der Waals surface area contributed by atoms with E-state index in [2.05, 4.69) is 10.00 Å². The van der Waals surface area contributed by atoms with Crippen molar-refractivity contribution in [3.63, 3.8) is 0 Å². The first-order valence-electron chi connectivity index (χ1n) is 14.1. The Bertz CT molecular complexity index is 1460. The highest BCUT2D eigenvalue weighted by atomic mass is 32.5. The number of carbonyl (C=O) groups is 2. The highest BCUT2D eigenvalue weighted by Gasteiger charge is 2.65. The van der Waals surface area contributed by atoms with E-state index in [0.29, 0.717) is 44.5 Å². The number of piperidine rings is 1. The maximum Gasteiger partial charge on any atom is 0.310 e. The Balaban J connectivity index is 1.15. The molecule has 2 fully saturated rings. The molecule has 2 aliphatic heterocycles. The van der Waals surface area contributed by atoms with Gasteiger partial charge in [-0.3, -0.25) is 19.2 Å². The van der Waals surface area contributed by atoms with Crippen LogP contribution in [0.3, 0.4) is 0 Å². The second kappa shape index (κ2) is 10.9. The van der Waals surface area contributed by atoms with Crippen molar-refractivity contribution >= 4 is 32.8 Å². The third-order valence-electron chi connectivity index (χ3n) is 8.07. The maximum atomic E-state index is 13.0. The Morgan fingerprint density at radius 2 is 1.64 bits per heavy atom. The van der Waals surface area contributed by atoms with Crippen LogP contribution in [0.4, 0.5) is 19.4 Å². The van der Waals surface area contributed by atoms with Gasteiger partial charge in [0, 0.05) is 61.9 Å². The minimum Gasteiger partial charge on any atom is -0.379 e. The van der Waals surface area contributed by atoms with Gasteiger partial charge in [-0.2, -0.15) is 5.10 Å². The summed E-state index contributed by atoms with van der Waals surface area (Å²) >= 11 is 0. The van der Waals surface area contributed by atoms with Crippen LogP contribution in [-0.4, -0.2) is 77.2 Å². The van der Waals surface area contributed by atoms with E-state index >= 15 is 0 Å². The highest BCUT2D eigenvalue weighted by Crippen LogP contribution is 3.02. The van der Waals surface area contributed by atoms with Gasteiger partial charge >= 0.3 is 10.2 Å². The Labute approximate surface area is 241 Å². The van der Waals surface area contributed by atoms with Gasteiger partial charge in [0.2, 0.25) is 0 Å². The lowest BCUT2D eigenvalue weighted by Crippen LogP contribution is -2.39. The Morgan fingerprint density at radius 1 is 0.976 bits per heavy atom. The SMILES string of the molecule is Cc1cc2nn(CC3CCN(C(=O)c4ccc(S(F)(F)(F)(F)F)cc4)CC3)cc2cc1C(=O)CCCN1CCOCC1. The summed E-state index contributed by atoms with van der Waals surface area (Å²) in [6.07, 6.45) is 4.54. The van der Waals surface area contributed by atoms with Crippen LogP contribution in [0.1, 0.15) is 52.0 Å². The maximum absolute atomic E-state index is 13.0. The van der Waals surface area contributed by atoms with Gasteiger partial charge in [0.15, 0.2) is 5.78 Å². The van der Waals surface area contributed by atoms with Gasteiger partial charge in [-0.05, 0) is 80.6 Å². The number of aromatic nitrogens is 2. The van der Waals surface area contributed by atoms with Crippen LogP contribution in [0.2, 0.25) is 0 Å². The van der Waals surface area contributed by atoms with Crippen molar-refractivity contribution in [2.24, 2.45) is 5.92 Å². The van der Waals surface area contributed by atoms with E-state index < -0.39 is 21.0 Å². The monoisotopic (exact) mass is 614 g/mol. The predicted octanol–water partition coefficient (Wildman–Crippen LogP) is 6.85. The fourth-order valence-corrected chi connectivity index (χ4v) is 6.31. The zero-order valence-corrected chi connectivity index (χ0v) is 24.2. The van der Waals surface area contributed by atoms with Crippen molar-refractivity contribution in [2.45, 2.75) is 44.0 Å². The number of amides is 1. The lowest BCUT2D eigenvalue weighted by atomic mass is 9.96. The lowest BCUT2D eigenvalue weighted by molar-refractivity contribution is 0.0371. The minimum absolute atomic E-state index is 0.0563. The van der Waals surface area contributed by atoms with Crippen LogP contribution in [0.5, 0.6) is 0 Å². The van der Waals surface area contributed by atoms with Gasteiger partial charge in [0.1, 0.15) is 4.90 Å². The second-order valence-electron chi connectivity index (χ2n) is 11.3. The Morgan fingerprint density at radius 3 is 2.29 bits per heavy atom. The van der Waals surface area contributed by atoms with Crippen molar-refractivity contribution in [1.29, 1.82) is 0 Å². The van der Waals surface area contributed by atoms with Crippen LogP contribution in [0.15, 0.2) is 47.5 Å². The first-order valence-corrected chi connectivity index (χ1v) is 16.1. The van der Waals surface area contributed by atoms with Crippen molar-refractivity contribution in [1.82, 2.24) is 19.6 Å². The van der Waals surface area contributed by atoms with Crippen molar-refractivity contribution in [2.75, 3.05) is 45.9 Å². The van der Waals surface area contributed by atoms with Crippen LogP contribution in [-0.2, 0) is 11.3 Å². The standard InChI is InChI=1S/C29H35F5N4O3S/c1-21-17-27-24(18-26(21)28(39)3-2-10-36-13-15-41-16-14-36)20-38(35-27)19-22-8-11-37(12-9-22)29(40)23-4-6-25(7-5-23)42(30,31,32,33)34/h4-7,17-18,20,22H,2-3,8-16,19H2,1H3. The molecule has 0 aliphatic carbocycles. The molecule has 3 aromatic rings. The lowest BCUT2D eigenvalue weighted by Gasteiger charge is -2.40. The summed E-state index contributed by atoms with van der Waals surface area (Å²) in [6.45, 7) is 7.49. The van der Waals surface area contributed by atoms with Crippen LogP contribution in [0, 0.1) is 12.8 Å². The molecule has 2 aliphatic rings. The molecule has 0 bridgehead atoms. The molecule has 5 rings (SSSR count). The number of halogens is 5. The number of fused-ring (bicyclic) bond motifs is 1. The van der Waals surface area contributed by atoms with Gasteiger partial charge in [-0.25, -0.2) is 0 Å². The number of likely N-dealkylation sites (tertiary alicyclic amines) is 1. The molecular formula is C29H35F5N4O3S. The number of nitrogens with zero attached hydrogens (tertiary/aromatic N) is 4. The molecule has 0 N–H and O–H groups in total. The molecule has 3 heterocycles. The van der Waals surface area contributed by atoms with E-state index in [1.165, 1.54) is 4.90 Å². The summed E-state index contributed by atoms with van der Waals surface area (Å²) in [5.74, 6) is -0.137. The summed E-state index contributed by atoms with van der Waals surface area (Å²) in [5.41, 5.74) is 2.35. The number of ether oxygens (including phenoxy) is 1. The summed E-state index contributed by atoms with van der Waals surface area (Å²) in [6, 6.07) is 6.01. The largest absolute Gasteiger partial charge is 0.379 e. The summed E-state index contributed by atoms with van der Waals surface area (Å²) in [7, 11) is -9.78. The third-order valence-corrected chi connectivity index (χ3v) is 9.24. The molecule has 1 aromatic heterocycles. The van der Waals surface area contributed by atoms with Crippen molar-refractivity contribution in [3.05, 3.63) is 59.3 Å². The van der Waals surface area contributed by atoms with E-state index in [4.69, 9.17) is 4.74 Å². The molecule has 42 heavy (non-hydrogen) atoms. The number of morpholine rings is 1. The quantitative estimate of drug-likeness (QED) is 0.195. The minimum atomic E-state index is -9.78. The number of hydrogen-bond donors (Lipinski definition) is 0. The molecule has 0 saturated carbocycles. The average molecular weight is 615 g/mol. The first-order chi connectivity index (χ1) is 19.7. The van der Waals surface area contributed by atoms with Gasteiger partial charge in [0.05, 0.1) is 18.7 Å². The molecular weight excluding hydrogens is 579 g/mol. The summed E-state index contributed by atoms with van der Waals surface area (Å²) in [5, 5.41) is 5.58. The summed E-state index contributed by atoms with van der Waals surface area (Å²) in [4.78, 5) is 27.6. The molecule has 0 spiro atoms. The number of ketones is 1. The number of Topliss-reactive ketones (excluding diaryl/α,β-unsaturated/α-hetero) is 1. The molecule has 1 amide bonds. The fraction of sp³-hybridized carbons (Fsp3) is 0.483. The number of carbonyl (C=O) groups excluding carboxylic acids is 2. The molecule has 13 heteroatoms. The van der Waals surface area contributed by atoms with Crippen LogP contribution >= 0.6 is 10.2 Å². The number of aryl methyl sites for hydroxylation is 1. The van der Waals surface area contributed by atoms with Gasteiger partial charge in [0.25, 0.3) is 5.91 Å². The Hall–Kier alpha value is -3.03. The third kappa shape index (κ3) is 7.30. The molecule has 230 valence electrons. The number of rotatable bonds is 9. The van der Waals surface area contributed by atoms with E-state index in [9.17, 15) is 29.0 Å². The van der Waals surface area contributed by atoms with E-state index in [1.54, 1.807) is 0 Å². The molecule has 2 aromatic carbocycles. The molecule has 2 saturated heterocycles. The first kappa shape index (κ1) is 30.4. The van der Waals surface area contributed by atoms with E-state index in [0.717, 1.165) is 67.9 Å². The molecule has 0 radical (unpaired) electrons. The molecule has 0 unspecified atom stereocenters. The van der Waals surface area contributed by atoms with Crippen LogP contribution in [0.25, 0.3) is 10.9 Å². The molecule has 0 atom stereocenters. The average Bonchev–Trinajstić information content (AvgIpc) is 3.33. The second-order valence-corrected chi connectivity index (χ2v) is 13.7. The van der Waals surface area contributed by atoms with Gasteiger partial charge in [-0.1, -0.05) is 19.4 Å². The fourth-order valence-electron chi connectivity index (χ4n) is 5.66. The number of hydrogen-bond acceptors (Lipinski definition) is 5. The van der Waals surface area contributed by atoms with E-state index in [1.807, 2.05) is 29.9 Å². The Kier molecular flexibility index (Phi) is 7.90. The zero-order valence-electron chi connectivity index (χ0n) is 23.4. The zero-order chi connectivity index (χ0) is 30.2. The highest BCUT2D eigenvalue weighted by molar-refractivity contribution is 8.45. The predicted molar refractivity (Wildman–Crippen MR) is 152 cm³/mol. The molecule has 7 nitrogen and oxygen atoms in total. The van der Waals surface area contributed by atoms with Gasteiger partial charge in [-0.15, -0.1) is 0 Å². The van der Waals surface area contributed by atoms with Crippen molar-refractivity contribution in [3.8, 4) is 0 Å². The normalized spacial score (nSPS) is 19.0. The summed E-state index contributed by atoms with van der Waals surface area (Å²) < 4.78 is 72.1. The topological polar surface area (TPSA) is 67.7 Å².